The van der Waals surface area contributed by atoms with Crippen LogP contribution >= 0.6 is 11.6 Å². The van der Waals surface area contributed by atoms with E-state index in [0.29, 0.717) is 22.2 Å². The van der Waals surface area contributed by atoms with Crippen molar-refractivity contribution in [2.45, 2.75) is 25.2 Å². The number of aryl methyl sites for hydroxylation is 1. The first-order valence-corrected chi connectivity index (χ1v) is 8.80. The molecule has 1 atom stereocenters. The van der Waals surface area contributed by atoms with E-state index >= 15 is 0 Å². The second-order valence-corrected chi connectivity index (χ2v) is 7.18. The van der Waals surface area contributed by atoms with E-state index in [1.54, 1.807) is 31.2 Å². The van der Waals surface area contributed by atoms with Gasteiger partial charge in [0.1, 0.15) is 6.33 Å². The van der Waals surface area contributed by atoms with Crippen LogP contribution in [0.1, 0.15) is 34.1 Å². The number of hydrogen-bond donors (Lipinski definition) is 0. The van der Waals surface area contributed by atoms with Gasteiger partial charge in [0.05, 0.1) is 12.2 Å². The molecule has 0 N–H and O–H groups in total. The third-order valence-electron chi connectivity index (χ3n) is 4.59. The van der Waals surface area contributed by atoms with E-state index in [9.17, 15) is 13.6 Å². The summed E-state index contributed by atoms with van der Waals surface area (Å²) in [6.07, 6.45) is 0.964. The first-order chi connectivity index (χ1) is 12.8. The molecule has 1 aliphatic rings. The lowest BCUT2D eigenvalue weighted by molar-refractivity contribution is -0.0641. The molecule has 2 aromatic heterocycles. The number of hydrogen-bond acceptors (Lipinski definition) is 4. The van der Waals surface area contributed by atoms with Gasteiger partial charge >= 0.3 is 0 Å². The smallest absolute Gasteiger partial charge is 0.266 e. The monoisotopic (exact) mass is 391 g/mol. The molecule has 0 radical (unpaired) electrons. The number of benzene rings is 1. The van der Waals surface area contributed by atoms with E-state index in [2.05, 4.69) is 15.1 Å². The van der Waals surface area contributed by atoms with E-state index in [0.717, 1.165) is 0 Å². The lowest BCUT2D eigenvalue weighted by Crippen LogP contribution is -2.49. The molecule has 0 bridgehead atoms. The van der Waals surface area contributed by atoms with Crippen molar-refractivity contribution in [2.24, 2.45) is 0 Å². The molecule has 1 saturated heterocycles. The van der Waals surface area contributed by atoms with Crippen LogP contribution in [0.2, 0.25) is 5.02 Å². The molecule has 1 amide bonds. The van der Waals surface area contributed by atoms with Crippen LogP contribution < -0.4 is 0 Å². The summed E-state index contributed by atoms with van der Waals surface area (Å²) in [5, 5.41) is 4.48. The summed E-state index contributed by atoms with van der Waals surface area (Å²) in [6, 6.07) is 8.03. The van der Waals surface area contributed by atoms with Gasteiger partial charge in [-0.25, -0.2) is 18.3 Å². The summed E-state index contributed by atoms with van der Waals surface area (Å²) < 4.78 is 30.4. The van der Waals surface area contributed by atoms with Crippen LogP contribution in [0.3, 0.4) is 0 Å². The number of amides is 1. The van der Waals surface area contributed by atoms with E-state index in [1.807, 2.05) is 0 Å². The van der Waals surface area contributed by atoms with E-state index in [-0.39, 0.29) is 18.5 Å². The number of aromatic nitrogens is 4. The molecule has 4 rings (SSSR count). The van der Waals surface area contributed by atoms with Crippen LogP contribution in [0.15, 0.2) is 36.7 Å². The van der Waals surface area contributed by atoms with Crippen molar-refractivity contribution < 1.29 is 13.6 Å². The summed E-state index contributed by atoms with van der Waals surface area (Å²) in [5.41, 5.74) is 1.51. The zero-order valence-electron chi connectivity index (χ0n) is 14.4. The largest absolute Gasteiger partial charge is 0.332 e. The second kappa shape index (κ2) is 6.53. The maximum absolute atomic E-state index is 14.5. The quantitative estimate of drug-likeness (QED) is 0.672. The highest BCUT2D eigenvalue weighted by molar-refractivity contribution is 6.30. The van der Waals surface area contributed by atoms with Crippen molar-refractivity contribution in [3.63, 3.8) is 0 Å². The molecule has 6 nitrogen and oxygen atoms in total. The number of rotatable bonds is 2. The minimum Gasteiger partial charge on any atom is -0.332 e. The maximum atomic E-state index is 14.5. The van der Waals surface area contributed by atoms with Crippen LogP contribution in [-0.4, -0.2) is 49.4 Å². The van der Waals surface area contributed by atoms with Gasteiger partial charge in [0.2, 0.25) is 0 Å². The maximum Gasteiger partial charge on any atom is 0.266 e. The van der Waals surface area contributed by atoms with E-state index in [1.165, 1.54) is 21.8 Å². The molecule has 0 saturated carbocycles. The Hall–Kier alpha value is -2.61. The molecule has 3 heterocycles. The van der Waals surface area contributed by atoms with Crippen LogP contribution in [0.5, 0.6) is 0 Å². The molecule has 3 aromatic rings. The van der Waals surface area contributed by atoms with E-state index < -0.39 is 24.3 Å². The fourth-order valence-electron chi connectivity index (χ4n) is 3.51. The minimum absolute atomic E-state index is 0.152. The van der Waals surface area contributed by atoms with Gasteiger partial charge in [-0.05, 0) is 31.2 Å². The summed E-state index contributed by atoms with van der Waals surface area (Å²) in [4.78, 5) is 22.2. The Balaban J connectivity index is 1.70. The summed E-state index contributed by atoms with van der Waals surface area (Å²) >= 11 is 5.93. The van der Waals surface area contributed by atoms with E-state index in [4.69, 9.17) is 11.6 Å². The molecule has 0 spiro atoms. The van der Waals surface area contributed by atoms with Crippen molar-refractivity contribution >= 4 is 23.3 Å². The van der Waals surface area contributed by atoms with Gasteiger partial charge in [0, 0.05) is 35.2 Å². The zero-order chi connectivity index (χ0) is 19.2. The third-order valence-corrected chi connectivity index (χ3v) is 4.83. The summed E-state index contributed by atoms with van der Waals surface area (Å²) in [5.74, 6) is -3.72. The second-order valence-electron chi connectivity index (χ2n) is 6.75. The molecular formula is C18H16ClF2N5O. The molecule has 0 aliphatic carbocycles. The van der Waals surface area contributed by atoms with Crippen molar-refractivity contribution in [3.05, 3.63) is 58.6 Å². The van der Waals surface area contributed by atoms with Gasteiger partial charge in [-0.1, -0.05) is 17.7 Å². The molecular weight excluding hydrogens is 376 g/mol. The van der Waals surface area contributed by atoms with Crippen LogP contribution in [0.25, 0.3) is 5.78 Å². The molecule has 1 unspecified atom stereocenters. The van der Waals surface area contributed by atoms with Crippen molar-refractivity contribution in [1.29, 1.82) is 0 Å². The first kappa shape index (κ1) is 17.8. The Labute approximate surface area is 158 Å². The number of fused-ring (bicyclic) bond motifs is 1. The minimum atomic E-state index is -3.01. The highest BCUT2D eigenvalue weighted by atomic mass is 35.5. The average Bonchev–Trinajstić information content (AvgIpc) is 3.07. The van der Waals surface area contributed by atoms with Crippen LogP contribution in [-0.2, 0) is 0 Å². The Morgan fingerprint density at radius 1 is 1.33 bits per heavy atom. The molecule has 27 heavy (non-hydrogen) atoms. The molecule has 1 fully saturated rings. The number of nitrogens with zero attached hydrogens (tertiary/aromatic N) is 5. The molecule has 140 valence electrons. The van der Waals surface area contributed by atoms with Gasteiger partial charge in [-0.2, -0.15) is 10.1 Å². The SMILES string of the molecule is Cc1cc(C2CN(C(=O)c3cccc(Cl)c3)CC(F)(F)C2)n2ncnc2n1. The van der Waals surface area contributed by atoms with Crippen molar-refractivity contribution in [1.82, 2.24) is 24.5 Å². The highest BCUT2D eigenvalue weighted by Gasteiger charge is 2.43. The predicted octanol–water partition coefficient (Wildman–Crippen LogP) is 3.35. The lowest BCUT2D eigenvalue weighted by Gasteiger charge is -2.37. The predicted molar refractivity (Wildman–Crippen MR) is 95.2 cm³/mol. The molecule has 1 aliphatic heterocycles. The summed E-state index contributed by atoms with van der Waals surface area (Å²) in [7, 11) is 0. The third kappa shape index (κ3) is 3.49. The van der Waals surface area contributed by atoms with Crippen molar-refractivity contribution in [2.75, 3.05) is 13.1 Å². The fourth-order valence-corrected chi connectivity index (χ4v) is 3.70. The number of alkyl halides is 2. The topological polar surface area (TPSA) is 63.4 Å². The zero-order valence-corrected chi connectivity index (χ0v) is 15.2. The molecule has 9 heteroatoms. The van der Waals surface area contributed by atoms with Gasteiger partial charge in [-0.15, -0.1) is 0 Å². The number of piperidine rings is 1. The van der Waals surface area contributed by atoms with Crippen molar-refractivity contribution in [3.8, 4) is 0 Å². The first-order valence-electron chi connectivity index (χ1n) is 8.42. The number of carbonyl (C=O) groups is 1. The van der Waals surface area contributed by atoms with Gasteiger partial charge < -0.3 is 4.90 Å². The van der Waals surface area contributed by atoms with Gasteiger partial charge in [0.25, 0.3) is 17.6 Å². The average molecular weight is 392 g/mol. The Morgan fingerprint density at radius 2 is 2.15 bits per heavy atom. The number of likely N-dealkylation sites (tertiary alicyclic amines) is 1. The number of carbonyl (C=O) groups excluding carboxylic acids is 1. The van der Waals surface area contributed by atoms with Crippen LogP contribution in [0.4, 0.5) is 8.78 Å². The standard InChI is InChI=1S/C18H16ClF2N5O/c1-11-5-15(26-17(24-11)22-10-23-26)13-7-18(20,21)9-25(8-13)16(27)12-3-2-4-14(19)6-12/h2-6,10,13H,7-9H2,1H3. The highest BCUT2D eigenvalue weighted by Crippen LogP contribution is 2.36. The van der Waals surface area contributed by atoms with Gasteiger partial charge in [0.15, 0.2) is 0 Å². The Bertz CT molecular complexity index is 1020. The Morgan fingerprint density at radius 3 is 2.93 bits per heavy atom. The van der Waals surface area contributed by atoms with Gasteiger partial charge in [-0.3, -0.25) is 4.79 Å². The number of halogens is 3. The van der Waals surface area contributed by atoms with Crippen LogP contribution in [0, 0.1) is 6.92 Å². The summed E-state index contributed by atoms with van der Waals surface area (Å²) in [6.45, 7) is 1.30. The fraction of sp³-hybridized carbons (Fsp3) is 0.333. The Kier molecular flexibility index (Phi) is 4.30. The lowest BCUT2D eigenvalue weighted by atomic mass is 9.91. The normalized spacial score (nSPS) is 19.4. The molecule has 1 aromatic carbocycles.